The lowest BCUT2D eigenvalue weighted by atomic mass is 10.0. The molecule has 1 fully saturated rings. The van der Waals surface area contributed by atoms with Gasteiger partial charge in [-0.15, -0.1) is 0 Å². The molecule has 1 aliphatic rings. The minimum absolute atomic E-state index is 0.130. The molecular weight excluding hydrogens is 587 g/mol. The van der Waals surface area contributed by atoms with Crippen LogP contribution in [0.3, 0.4) is 0 Å². The number of rotatable bonds is 11. The third-order valence-corrected chi connectivity index (χ3v) is 7.93. The van der Waals surface area contributed by atoms with Gasteiger partial charge >= 0.3 is 31.4 Å². The van der Waals surface area contributed by atoms with Gasteiger partial charge in [0.25, 0.3) is 12.7 Å². The highest BCUT2D eigenvalue weighted by atomic mass is 31.2. The van der Waals surface area contributed by atoms with Gasteiger partial charge in [-0.3, -0.25) is 23.6 Å². The van der Waals surface area contributed by atoms with Crippen molar-refractivity contribution in [2.75, 3.05) is 19.5 Å². The minimum Gasteiger partial charge on any atom is -0.468 e. The van der Waals surface area contributed by atoms with E-state index in [4.69, 9.17) is 40.3 Å². The van der Waals surface area contributed by atoms with Crippen molar-refractivity contribution in [2.45, 2.75) is 50.8 Å². The molecule has 1 saturated heterocycles. The molecule has 1 aromatic carbocycles. The van der Waals surface area contributed by atoms with Crippen LogP contribution in [0.4, 0.5) is 5.82 Å². The van der Waals surface area contributed by atoms with Gasteiger partial charge in [-0.2, -0.15) is 10.2 Å². The van der Waals surface area contributed by atoms with Crippen LogP contribution in [0.2, 0.25) is 0 Å². The Hall–Kier alpha value is -4.55. The van der Waals surface area contributed by atoms with Gasteiger partial charge in [0.15, 0.2) is 18.5 Å². The van der Waals surface area contributed by atoms with Gasteiger partial charge in [0.2, 0.25) is 0 Å². The quantitative estimate of drug-likeness (QED) is 0.181. The summed E-state index contributed by atoms with van der Waals surface area (Å²) < 4.78 is 48.8. The number of hydrogen-bond donors (Lipinski definition) is 2. The first-order valence-electron chi connectivity index (χ1n) is 12.8. The van der Waals surface area contributed by atoms with E-state index in [1.54, 1.807) is 30.3 Å². The third kappa shape index (κ3) is 6.76. The topological polar surface area (TPSA) is 196 Å². The van der Waals surface area contributed by atoms with Gasteiger partial charge in [0.1, 0.15) is 29.7 Å². The van der Waals surface area contributed by atoms with Crippen molar-refractivity contribution >= 4 is 37.0 Å². The summed E-state index contributed by atoms with van der Waals surface area (Å²) in [6.45, 7) is 8.71. The Morgan fingerprint density at radius 1 is 1.19 bits per heavy atom. The molecule has 3 aromatic rings. The summed E-state index contributed by atoms with van der Waals surface area (Å²) >= 11 is 0. The monoisotopic (exact) mass is 617 g/mol. The number of anilines is 1. The van der Waals surface area contributed by atoms with Crippen molar-refractivity contribution in [3.63, 3.8) is 0 Å². The van der Waals surface area contributed by atoms with E-state index in [2.05, 4.69) is 20.0 Å². The number of esters is 3. The van der Waals surface area contributed by atoms with Gasteiger partial charge < -0.3 is 24.5 Å². The normalized spacial score (nSPS) is 23.5. The Morgan fingerprint density at radius 3 is 2.51 bits per heavy atom. The van der Waals surface area contributed by atoms with Crippen molar-refractivity contribution in [1.82, 2.24) is 19.7 Å². The fraction of sp³-hybridized carbons (Fsp3) is 0.385. The number of methoxy groups -OCH3 is 1. The molecular formula is C26H30N6O10P+. The van der Waals surface area contributed by atoms with Crippen molar-refractivity contribution in [2.24, 2.45) is 0 Å². The molecule has 0 amide bonds. The zero-order chi connectivity index (χ0) is 31.4. The summed E-state index contributed by atoms with van der Waals surface area (Å²) in [7, 11) is -3.29. The number of carbonyl (C=O) groups excluding carboxylic acids is 3. The smallest absolute Gasteiger partial charge is 0.459 e. The number of nitrogen functional groups attached to an aromatic ring is 1. The molecule has 228 valence electrons. The molecule has 0 bridgehead atoms. The van der Waals surface area contributed by atoms with Crippen LogP contribution in [0.15, 0.2) is 48.8 Å². The maximum Gasteiger partial charge on any atom is 0.459 e. The van der Waals surface area contributed by atoms with Gasteiger partial charge in [-0.25, -0.2) is 14.1 Å². The van der Waals surface area contributed by atoms with E-state index in [0.717, 1.165) is 21.0 Å². The number of aromatic nitrogens is 3. The molecule has 0 saturated carbocycles. The van der Waals surface area contributed by atoms with Crippen molar-refractivity contribution in [1.29, 1.82) is 0 Å². The Bertz CT molecular complexity index is 1590. The molecule has 4 rings (SSSR count). The summed E-state index contributed by atoms with van der Waals surface area (Å²) in [5, 5.41) is 6.69. The number of carbonyl (C=O) groups is 3. The fourth-order valence-electron chi connectivity index (χ4n) is 4.45. The van der Waals surface area contributed by atoms with Crippen LogP contribution < -0.4 is 15.3 Å². The number of hydrogen-bond acceptors (Lipinski definition) is 13. The van der Waals surface area contributed by atoms with Crippen LogP contribution >= 0.6 is 7.75 Å². The second-order valence-corrected chi connectivity index (χ2v) is 11.1. The average Bonchev–Trinajstić information content (AvgIpc) is 3.52. The number of para-hydroxylation sites is 1. The van der Waals surface area contributed by atoms with E-state index >= 15 is 0 Å². The van der Waals surface area contributed by atoms with Crippen molar-refractivity contribution < 1.29 is 46.9 Å². The second-order valence-electron chi connectivity index (χ2n) is 9.37. The Morgan fingerprint density at radius 2 is 1.88 bits per heavy atom. The first kappa shape index (κ1) is 31.4. The summed E-state index contributed by atoms with van der Waals surface area (Å²) in [5.41, 5.74) is 4.57. The summed E-state index contributed by atoms with van der Waals surface area (Å²) in [6.07, 6.45) is -2.86. The second kappa shape index (κ2) is 12.8. The van der Waals surface area contributed by atoms with E-state index in [1.165, 1.54) is 29.9 Å². The van der Waals surface area contributed by atoms with Gasteiger partial charge in [0, 0.05) is 13.8 Å². The van der Waals surface area contributed by atoms with Crippen LogP contribution in [0.25, 0.3) is 10.4 Å². The van der Waals surface area contributed by atoms with Crippen molar-refractivity contribution in [3.05, 3.63) is 59.3 Å². The molecule has 43 heavy (non-hydrogen) atoms. The van der Waals surface area contributed by atoms with Crippen LogP contribution in [0.1, 0.15) is 32.6 Å². The highest BCUT2D eigenvalue weighted by Gasteiger charge is 2.69. The molecule has 0 radical (unpaired) electrons. The van der Waals surface area contributed by atoms with Crippen LogP contribution in [0.5, 0.6) is 5.75 Å². The first-order valence-corrected chi connectivity index (χ1v) is 14.3. The number of nitrogens with two attached hydrogens (primary N) is 1. The molecule has 17 heteroatoms. The predicted octanol–water partition coefficient (Wildman–Crippen LogP) is 2.26. The van der Waals surface area contributed by atoms with Crippen LogP contribution in [0, 0.1) is 6.57 Å². The van der Waals surface area contributed by atoms with Crippen molar-refractivity contribution in [3.8, 4) is 12.3 Å². The predicted molar refractivity (Wildman–Crippen MR) is 149 cm³/mol. The summed E-state index contributed by atoms with van der Waals surface area (Å²) in [5.74, 6) is -2.02. The van der Waals surface area contributed by atoms with E-state index in [-0.39, 0.29) is 11.6 Å². The lowest BCUT2D eigenvalue weighted by Crippen LogP contribution is -2.48. The van der Waals surface area contributed by atoms with Gasteiger partial charge in [0.05, 0.1) is 12.8 Å². The largest absolute Gasteiger partial charge is 0.468 e. The summed E-state index contributed by atoms with van der Waals surface area (Å²) in [4.78, 5) is 44.4. The van der Waals surface area contributed by atoms with E-state index in [0.29, 0.717) is 11.2 Å². The molecule has 0 aliphatic carbocycles. The first-order chi connectivity index (χ1) is 20.4. The van der Waals surface area contributed by atoms with Crippen LogP contribution in [-0.2, 0) is 42.4 Å². The van der Waals surface area contributed by atoms with E-state index in [9.17, 15) is 18.9 Å². The molecule has 16 nitrogen and oxygen atoms in total. The zero-order valence-corrected chi connectivity index (χ0v) is 24.5. The standard InChI is InChI=1S/C26H30N6O10P/c1-15(25(35)37-5)31-43(36,42-18-9-7-6-8-10-18)38-13-26(28-4)23(40-17(3)34)22(39-16(2)33)21(41-26)19-11-12-20-24(27)29-14-30-32(19)20/h4,6-12,14-15,21-23H,13H2,1-3,5H3,(H,31,36)(H2,27,29,30)/q+1/t15-,21-,22-,23-,26+,43?/m0/s1. The number of nitrogens with zero attached hydrogens (tertiary/aromatic N) is 4. The molecule has 1 aliphatic heterocycles. The van der Waals surface area contributed by atoms with Gasteiger partial charge in [-0.05, 0) is 36.0 Å². The van der Waals surface area contributed by atoms with Gasteiger partial charge in [-0.1, -0.05) is 18.2 Å². The van der Waals surface area contributed by atoms with Crippen LogP contribution in [-0.4, -0.2) is 70.2 Å². The summed E-state index contributed by atoms with van der Waals surface area (Å²) in [6, 6.07) is 10.0. The average molecular weight is 618 g/mol. The Balaban J connectivity index is 1.75. The maximum atomic E-state index is 14.0. The lowest BCUT2D eigenvalue weighted by molar-refractivity contribution is -0.167. The molecule has 2 aromatic heterocycles. The highest BCUT2D eigenvalue weighted by Crippen LogP contribution is 2.50. The molecule has 3 heterocycles. The highest BCUT2D eigenvalue weighted by molar-refractivity contribution is 7.52. The van der Waals surface area contributed by atoms with E-state index < -0.39 is 62.3 Å². The lowest BCUT2D eigenvalue weighted by Gasteiger charge is -2.25. The molecule has 1 unspecified atom stereocenters. The number of ether oxygens (including phenoxy) is 4. The number of nitrogens with one attached hydrogen (secondary N) is 1. The Labute approximate surface area is 245 Å². The zero-order valence-electron chi connectivity index (χ0n) is 23.6. The minimum atomic E-state index is -4.44. The van der Waals surface area contributed by atoms with E-state index in [1.807, 2.05) is 0 Å². The Kier molecular flexibility index (Phi) is 9.31. The molecule has 3 N–H and O–H groups in total. The fourth-order valence-corrected chi connectivity index (χ4v) is 5.97. The number of benzene rings is 1. The third-order valence-electron chi connectivity index (χ3n) is 6.31. The molecule has 0 spiro atoms. The molecule has 6 atom stereocenters. The maximum absolute atomic E-state index is 14.0. The SMILES string of the molecule is C#[N+][C@]1(COP(=O)(N[C@@H](C)C(=O)OC)Oc2ccccc2)O[C@@H](c2ccc3c(N)ncnn23)[C@H](OC(C)=O)[C@@H]1OC(C)=O. The number of fused-ring (bicyclic) bond motifs is 1.